The average molecular weight is 404 g/mol. The lowest BCUT2D eigenvalue weighted by molar-refractivity contribution is 0.296. The van der Waals surface area contributed by atoms with Crippen LogP contribution in [0.15, 0.2) is 41.4 Å². The summed E-state index contributed by atoms with van der Waals surface area (Å²) >= 11 is 1.67. The second-order valence-corrected chi connectivity index (χ2v) is 7.29. The SMILES string of the molecule is CN=C(NCc1ccc(F)cc1CSC)NCc1cccc2c1OCCCO2. The number of benzene rings is 2. The second-order valence-electron chi connectivity index (χ2n) is 6.42. The van der Waals surface area contributed by atoms with Crippen LogP contribution in [-0.4, -0.2) is 32.5 Å². The smallest absolute Gasteiger partial charge is 0.191 e. The third-order valence-corrected chi connectivity index (χ3v) is 5.04. The lowest BCUT2D eigenvalue weighted by atomic mass is 10.1. The number of ether oxygens (including phenoxy) is 2. The van der Waals surface area contributed by atoms with Gasteiger partial charge in [-0.05, 0) is 35.6 Å². The maximum absolute atomic E-state index is 13.5. The van der Waals surface area contributed by atoms with Gasteiger partial charge in [-0.2, -0.15) is 11.8 Å². The summed E-state index contributed by atoms with van der Waals surface area (Å²) in [4.78, 5) is 4.29. The van der Waals surface area contributed by atoms with Crippen molar-refractivity contribution in [3.05, 3.63) is 58.9 Å². The summed E-state index contributed by atoms with van der Waals surface area (Å²) in [6, 6.07) is 10.8. The van der Waals surface area contributed by atoms with Gasteiger partial charge in [-0.3, -0.25) is 4.99 Å². The number of nitrogens with zero attached hydrogens (tertiary/aromatic N) is 1. The van der Waals surface area contributed by atoms with Crippen LogP contribution in [0, 0.1) is 5.82 Å². The molecule has 1 aliphatic heterocycles. The molecule has 0 amide bonds. The molecule has 0 radical (unpaired) electrons. The van der Waals surface area contributed by atoms with Crippen molar-refractivity contribution in [1.82, 2.24) is 10.6 Å². The van der Waals surface area contributed by atoms with Crippen molar-refractivity contribution in [2.45, 2.75) is 25.3 Å². The second kappa shape index (κ2) is 10.2. The van der Waals surface area contributed by atoms with Gasteiger partial charge in [-0.1, -0.05) is 18.2 Å². The molecule has 0 spiro atoms. The van der Waals surface area contributed by atoms with E-state index in [2.05, 4.69) is 15.6 Å². The van der Waals surface area contributed by atoms with E-state index in [1.54, 1.807) is 24.9 Å². The molecular formula is C21H26FN3O2S. The summed E-state index contributed by atoms with van der Waals surface area (Å²) in [6.45, 7) is 2.46. The van der Waals surface area contributed by atoms with Gasteiger partial charge in [-0.15, -0.1) is 0 Å². The van der Waals surface area contributed by atoms with Gasteiger partial charge in [0.15, 0.2) is 17.5 Å². The first-order chi connectivity index (χ1) is 13.7. The van der Waals surface area contributed by atoms with E-state index in [-0.39, 0.29) is 5.82 Å². The Balaban J connectivity index is 1.62. The van der Waals surface area contributed by atoms with Crippen molar-refractivity contribution in [3.8, 4) is 11.5 Å². The zero-order valence-electron chi connectivity index (χ0n) is 16.3. The maximum atomic E-state index is 13.5. The Hall–Kier alpha value is -2.41. The quantitative estimate of drug-likeness (QED) is 0.569. The predicted molar refractivity (Wildman–Crippen MR) is 113 cm³/mol. The third-order valence-electron chi connectivity index (χ3n) is 4.44. The van der Waals surface area contributed by atoms with Crippen LogP contribution < -0.4 is 20.1 Å². The fourth-order valence-electron chi connectivity index (χ4n) is 3.03. The number of para-hydroxylation sites is 1. The van der Waals surface area contributed by atoms with Crippen molar-refractivity contribution < 1.29 is 13.9 Å². The Morgan fingerprint density at radius 2 is 1.86 bits per heavy atom. The van der Waals surface area contributed by atoms with Crippen LogP contribution in [-0.2, 0) is 18.8 Å². The topological polar surface area (TPSA) is 54.9 Å². The zero-order valence-corrected chi connectivity index (χ0v) is 17.1. The highest BCUT2D eigenvalue weighted by atomic mass is 32.2. The third kappa shape index (κ3) is 5.32. The standard InChI is InChI=1S/C21H26FN3O2S/c1-23-21(24-12-15-7-8-18(22)11-17(15)14-28-2)25-13-16-5-3-6-19-20(16)27-10-4-9-26-19/h3,5-8,11H,4,9-10,12-14H2,1-2H3,(H2,23,24,25). The van der Waals surface area contributed by atoms with Crippen LogP contribution in [0.25, 0.3) is 0 Å². The number of rotatable bonds is 6. The molecule has 0 atom stereocenters. The van der Waals surface area contributed by atoms with Crippen LogP contribution in [0.5, 0.6) is 11.5 Å². The minimum atomic E-state index is -0.206. The van der Waals surface area contributed by atoms with Crippen molar-refractivity contribution in [3.63, 3.8) is 0 Å². The number of aliphatic imine (C=N–C) groups is 1. The molecule has 150 valence electrons. The molecule has 0 saturated heterocycles. The van der Waals surface area contributed by atoms with Crippen LogP contribution in [0.1, 0.15) is 23.1 Å². The Morgan fingerprint density at radius 1 is 1.07 bits per heavy atom. The molecule has 2 aromatic rings. The minimum Gasteiger partial charge on any atom is -0.490 e. The molecule has 2 N–H and O–H groups in total. The number of halogens is 1. The van der Waals surface area contributed by atoms with E-state index >= 15 is 0 Å². The van der Waals surface area contributed by atoms with Crippen molar-refractivity contribution in [2.24, 2.45) is 4.99 Å². The summed E-state index contributed by atoms with van der Waals surface area (Å²) in [6.07, 6.45) is 2.89. The number of nitrogens with one attached hydrogen (secondary N) is 2. The van der Waals surface area contributed by atoms with E-state index in [9.17, 15) is 4.39 Å². The van der Waals surface area contributed by atoms with E-state index in [4.69, 9.17) is 9.47 Å². The van der Waals surface area contributed by atoms with Crippen molar-refractivity contribution in [1.29, 1.82) is 0 Å². The fraction of sp³-hybridized carbons (Fsp3) is 0.381. The first-order valence-electron chi connectivity index (χ1n) is 9.29. The number of thioether (sulfide) groups is 1. The van der Waals surface area contributed by atoms with E-state index in [1.807, 2.05) is 30.5 Å². The Bertz CT molecular complexity index is 829. The molecule has 5 nitrogen and oxygen atoms in total. The zero-order chi connectivity index (χ0) is 19.8. The van der Waals surface area contributed by atoms with Crippen LogP contribution >= 0.6 is 11.8 Å². The molecule has 3 rings (SSSR count). The van der Waals surface area contributed by atoms with Crippen LogP contribution in [0.4, 0.5) is 4.39 Å². The highest BCUT2D eigenvalue weighted by Gasteiger charge is 2.14. The largest absolute Gasteiger partial charge is 0.490 e. The number of hydrogen-bond acceptors (Lipinski definition) is 4. The summed E-state index contributed by atoms with van der Waals surface area (Å²) in [5, 5.41) is 6.62. The fourth-order valence-corrected chi connectivity index (χ4v) is 3.61. The first kappa shape index (κ1) is 20.3. The van der Waals surface area contributed by atoms with E-state index in [0.717, 1.165) is 40.4 Å². The van der Waals surface area contributed by atoms with Gasteiger partial charge in [0.2, 0.25) is 0 Å². The number of guanidine groups is 1. The molecule has 0 aromatic heterocycles. The monoisotopic (exact) mass is 403 g/mol. The summed E-state index contributed by atoms with van der Waals surface area (Å²) < 4.78 is 25.1. The number of hydrogen-bond donors (Lipinski definition) is 2. The predicted octanol–water partition coefficient (Wildman–Crippen LogP) is 3.72. The summed E-state index contributed by atoms with van der Waals surface area (Å²) in [7, 11) is 1.73. The van der Waals surface area contributed by atoms with Gasteiger partial charge in [-0.25, -0.2) is 4.39 Å². The summed E-state index contributed by atoms with van der Waals surface area (Å²) in [5.41, 5.74) is 3.07. The molecule has 28 heavy (non-hydrogen) atoms. The molecular weight excluding hydrogens is 377 g/mol. The molecule has 2 aromatic carbocycles. The highest BCUT2D eigenvalue weighted by Crippen LogP contribution is 2.33. The van der Waals surface area contributed by atoms with Crippen molar-refractivity contribution >= 4 is 17.7 Å². The van der Waals surface area contributed by atoms with Gasteiger partial charge in [0.1, 0.15) is 5.82 Å². The lowest BCUT2D eigenvalue weighted by Gasteiger charge is -2.16. The van der Waals surface area contributed by atoms with E-state index < -0.39 is 0 Å². The Kier molecular flexibility index (Phi) is 7.42. The molecule has 1 heterocycles. The molecule has 0 fully saturated rings. The molecule has 7 heteroatoms. The summed E-state index contributed by atoms with van der Waals surface area (Å²) in [5.74, 6) is 2.82. The van der Waals surface area contributed by atoms with E-state index in [1.165, 1.54) is 6.07 Å². The van der Waals surface area contributed by atoms with Gasteiger partial charge in [0.25, 0.3) is 0 Å². The molecule has 1 aliphatic rings. The molecule has 0 unspecified atom stereocenters. The van der Waals surface area contributed by atoms with Gasteiger partial charge in [0, 0.05) is 37.9 Å². The minimum absolute atomic E-state index is 0.206. The maximum Gasteiger partial charge on any atom is 0.191 e. The highest BCUT2D eigenvalue weighted by molar-refractivity contribution is 7.97. The average Bonchev–Trinajstić information content (AvgIpc) is 2.95. The van der Waals surface area contributed by atoms with Gasteiger partial charge < -0.3 is 20.1 Å². The normalized spacial score (nSPS) is 13.8. The van der Waals surface area contributed by atoms with Crippen LogP contribution in [0.3, 0.4) is 0 Å². The molecule has 0 aliphatic carbocycles. The number of fused-ring (bicyclic) bond motifs is 1. The van der Waals surface area contributed by atoms with Crippen LogP contribution in [0.2, 0.25) is 0 Å². The van der Waals surface area contributed by atoms with Gasteiger partial charge >= 0.3 is 0 Å². The Labute approximate surface area is 169 Å². The van der Waals surface area contributed by atoms with Gasteiger partial charge in [0.05, 0.1) is 13.2 Å². The molecule has 0 bridgehead atoms. The van der Waals surface area contributed by atoms with E-state index in [0.29, 0.717) is 32.3 Å². The van der Waals surface area contributed by atoms with Crippen molar-refractivity contribution in [2.75, 3.05) is 26.5 Å². The molecule has 0 saturated carbocycles. The Morgan fingerprint density at radius 3 is 2.64 bits per heavy atom. The first-order valence-corrected chi connectivity index (χ1v) is 10.7. The lowest BCUT2D eigenvalue weighted by Crippen LogP contribution is -2.36.